The molecule has 1 aromatic rings. The van der Waals surface area contributed by atoms with Gasteiger partial charge in [-0.2, -0.15) is 0 Å². The molecule has 0 aliphatic carbocycles. The van der Waals surface area contributed by atoms with Crippen LogP contribution >= 0.6 is 27.3 Å². The van der Waals surface area contributed by atoms with Gasteiger partial charge in [-0.05, 0) is 46.4 Å². The van der Waals surface area contributed by atoms with E-state index in [1.165, 1.54) is 9.35 Å². The first kappa shape index (κ1) is 13.5. The highest BCUT2D eigenvalue weighted by molar-refractivity contribution is 9.11. The Morgan fingerprint density at radius 1 is 1.65 bits per heavy atom. The van der Waals surface area contributed by atoms with Crippen molar-refractivity contribution in [2.45, 2.75) is 19.0 Å². The number of hydrogen-bond acceptors (Lipinski definition) is 4. The predicted octanol–water partition coefficient (Wildman–Crippen LogP) is 2.31. The Morgan fingerprint density at radius 2 is 2.47 bits per heavy atom. The van der Waals surface area contributed by atoms with Crippen LogP contribution in [0, 0.1) is 5.92 Å². The van der Waals surface area contributed by atoms with Crippen molar-refractivity contribution in [3.63, 3.8) is 0 Å². The van der Waals surface area contributed by atoms with Gasteiger partial charge in [0, 0.05) is 31.7 Å². The molecule has 0 bridgehead atoms. The molecule has 17 heavy (non-hydrogen) atoms. The second-order valence-corrected chi connectivity index (χ2v) is 7.03. The summed E-state index contributed by atoms with van der Waals surface area (Å²) in [5, 5.41) is 2.19. The first-order valence-corrected chi connectivity index (χ1v) is 7.57. The fraction of sp³-hybridized carbons (Fsp3) is 0.667. The zero-order chi connectivity index (χ0) is 12.3. The zero-order valence-electron chi connectivity index (χ0n) is 10.1. The average Bonchev–Trinajstić information content (AvgIpc) is 2.67. The van der Waals surface area contributed by atoms with Crippen molar-refractivity contribution in [1.29, 1.82) is 0 Å². The summed E-state index contributed by atoms with van der Waals surface area (Å²) < 4.78 is 6.69. The Kier molecular flexibility index (Phi) is 4.99. The number of nitrogens with zero attached hydrogens (tertiary/aromatic N) is 1. The van der Waals surface area contributed by atoms with Gasteiger partial charge in [0.25, 0.3) is 0 Å². The molecule has 0 saturated carbocycles. The van der Waals surface area contributed by atoms with Gasteiger partial charge in [-0.1, -0.05) is 0 Å². The lowest BCUT2D eigenvalue weighted by atomic mass is 9.96. The van der Waals surface area contributed by atoms with Crippen molar-refractivity contribution in [3.8, 4) is 0 Å². The van der Waals surface area contributed by atoms with Gasteiger partial charge in [0.1, 0.15) is 0 Å². The van der Waals surface area contributed by atoms with Gasteiger partial charge in [0.2, 0.25) is 0 Å². The number of rotatable bonds is 4. The normalized spacial score (nSPS) is 25.4. The highest BCUT2D eigenvalue weighted by Crippen LogP contribution is 2.22. The molecule has 2 rings (SSSR count). The van der Waals surface area contributed by atoms with Crippen LogP contribution < -0.4 is 5.73 Å². The maximum Gasteiger partial charge on any atom is 0.0701 e. The third-order valence-corrected chi connectivity index (χ3v) is 4.71. The Balaban J connectivity index is 1.82. The fourth-order valence-electron chi connectivity index (χ4n) is 2.21. The largest absolute Gasteiger partial charge is 0.381 e. The minimum atomic E-state index is 0.292. The monoisotopic (exact) mass is 318 g/mol. The van der Waals surface area contributed by atoms with E-state index in [1.807, 2.05) is 0 Å². The third kappa shape index (κ3) is 4.03. The summed E-state index contributed by atoms with van der Waals surface area (Å²) in [5.74, 6) is 0.468. The molecule has 0 spiro atoms. The predicted molar refractivity (Wildman–Crippen MR) is 75.3 cm³/mol. The lowest BCUT2D eigenvalue weighted by molar-refractivity contribution is 0.0286. The molecule has 1 aliphatic heterocycles. The quantitative estimate of drug-likeness (QED) is 0.925. The highest BCUT2D eigenvalue weighted by atomic mass is 79.9. The van der Waals surface area contributed by atoms with Crippen molar-refractivity contribution in [2.75, 3.05) is 26.8 Å². The van der Waals surface area contributed by atoms with E-state index in [0.29, 0.717) is 12.0 Å². The van der Waals surface area contributed by atoms with Crippen LogP contribution in [0.2, 0.25) is 0 Å². The highest BCUT2D eigenvalue weighted by Gasteiger charge is 2.23. The van der Waals surface area contributed by atoms with Crippen molar-refractivity contribution >= 4 is 27.3 Å². The summed E-state index contributed by atoms with van der Waals surface area (Å²) in [5.41, 5.74) is 7.47. The van der Waals surface area contributed by atoms with Crippen LogP contribution in [0.25, 0.3) is 0 Å². The average molecular weight is 319 g/mol. The lowest BCUT2D eigenvalue weighted by Crippen LogP contribution is -2.44. The second kappa shape index (κ2) is 6.29. The summed E-state index contributed by atoms with van der Waals surface area (Å²) in [4.78, 5) is 2.33. The van der Waals surface area contributed by atoms with Crippen LogP contribution in [0.1, 0.15) is 12.0 Å². The van der Waals surface area contributed by atoms with E-state index in [1.54, 1.807) is 11.3 Å². The molecule has 96 valence electrons. The summed E-state index contributed by atoms with van der Waals surface area (Å²) in [7, 11) is 2.15. The molecule has 1 fully saturated rings. The summed E-state index contributed by atoms with van der Waals surface area (Å²) in [6.45, 7) is 3.61. The van der Waals surface area contributed by atoms with E-state index in [9.17, 15) is 0 Å². The van der Waals surface area contributed by atoms with Crippen molar-refractivity contribution in [2.24, 2.45) is 11.7 Å². The molecular weight excluding hydrogens is 300 g/mol. The lowest BCUT2D eigenvalue weighted by Gasteiger charge is -2.31. The molecule has 2 atom stereocenters. The molecule has 0 aromatic carbocycles. The number of thiophene rings is 1. The van der Waals surface area contributed by atoms with Crippen molar-refractivity contribution < 1.29 is 4.74 Å². The minimum Gasteiger partial charge on any atom is -0.381 e. The van der Waals surface area contributed by atoms with Crippen LogP contribution in [-0.2, 0) is 11.3 Å². The van der Waals surface area contributed by atoms with E-state index < -0.39 is 0 Å². The molecule has 0 amide bonds. The Bertz CT molecular complexity index is 358. The zero-order valence-corrected chi connectivity index (χ0v) is 12.5. The van der Waals surface area contributed by atoms with E-state index in [0.717, 1.165) is 32.7 Å². The van der Waals surface area contributed by atoms with E-state index >= 15 is 0 Å². The standard InChI is InChI=1S/C12H19BrN2OS/c1-15(5-9-4-12(13)17-8-9)6-10-7-16-3-2-11(10)14/h4,8,10-11H,2-3,5-7,14H2,1H3. The van der Waals surface area contributed by atoms with E-state index in [-0.39, 0.29) is 0 Å². The van der Waals surface area contributed by atoms with Crippen LogP contribution in [0.5, 0.6) is 0 Å². The number of hydrogen-bond donors (Lipinski definition) is 1. The maximum absolute atomic E-state index is 6.11. The molecule has 1 saturated heterocycles. The van der Waals surface area contributed by atoms with Gasteiger partial charge in [0.05, 0.1) is 10.4 Å². The van der Waals surface area contributed by atoms with Crippen LogP contribution in [0.3, 0.4) is 0 Å². The van der Waals surface area contributed by atoms with Crippen LogP contribution in [-0.4, -0.2) is 37.7 Å². The molecule has 2 unspecified atom stereocenters. The first-order valence-electron chi connectivity index (χ1n) is 5.90. The van der Waals surface area contributed by atoms with E-state index in [2.05, 4.69) is 39.3 Å². The number of ether oxygens (including phenoxy) is 1. The van der Waals surface area contributed by atoms with Crippen LogP contribution in [0.4, 0.5) is 0 Å². The van der Waals surface area contributed by atoms with Gasteiger partial charge >= 0.3 is 0 Å². The second-order valence-electron chi connectivity index (χ2n) is 4.74. The Labute approximate surface area is 115 Å². The maximum atomic E-state index is 6.11. The molecule has 2 heterocycles. The van der Waals surface area contributed by atoms with E-state index in [4.69, 9.17) is 10.5 Å². The molecular formula is C12H19BrN2OS. The summed E-state index contributed by atoms with van der Waals surface area (Å²) in [6.07, 6.45) is 0.989. The topological polar surface area (TPSA) is 38.5 Å². The molecule has 2 N–H and O–H groups in total. The Morgan fingerprint density at radius 3 is 3.12 bits per heavy atom. The molecule has 0 radical (unpaired) electrons. The third-order valence-electron chi connectivity index (χ3n) is 3.15. The number of halogens is 1. The Hall–Kier alpha value is 0.0600. The smallest absolute Gasteiger partial charge is 0.0701 e. The van der Waals surface area contributed by atoms with Gasteiger partial charge in [-0.25, -0.2) is 0 Å². The summed E-state index contributed by atoms with van der Waals surface area (Å²) in [6, 6.07) is 2.47. The van der Waals surface area contributed by atoms with Gasteiger partial charge < -0.3 is 15.4 Å². The number of nitrogens with two attached hydrogens (primary N) is 1. The molecule has 1 aromatic heterocycles. The fourth-order valence-corrected chi connectivity index (χ4v) is 3.41. The van der Waals surface area contributed by atoms with Gasteiger partial charge in [-0.15, -0.1) is 11.3 Å². The van der Waals surface area contributed by atoms with Gasteiger partial charge in [-0.3, -0.25) is 0 Å². The summed E-state index contributed by atoms with van der Waals surface area (Å²) >= 11 is 5.22. The van der Waals surface area contributed by atoms with Crippen molar-refractivity contribution in [1.82, 2.24) is 4.90 Å². The molecule has 1 aliphatic rings. The first-order chi connectivity index (χ1) is 8.15. The minimum absolute atomic E-state index is 0.292. The SMILES string of the molecule is CN(Cc1csc(Br)c1)CC1COCCC1N. The molecule has 3 nitrogen and oxygen atoms in total. The van der Waals surface area contributed by atoms with Gasteiger partial charge in [0.15, 0.2) is 0 Å². The molecule has 5 heteroatoms. The van der Waals surface area contributed by atoms with Crippen LogP contribution in [0.15, 0.2) is 15.2 Å². The van der Waals surface area contributed by atoms with Crippen molar-refractivity contribution in [3.05, 3.63) is 20.8 Å².